The quantitative estimate of drug-likeness (QED) is 0.425. The third-order valence-corrected chi connectivity index (χ3v) is 12.2. The lowest BCUT2D eigenvalue weighted by atomic mass is 9.36. The normalized spacial score (nSPS) is 44.5. The van der Waals surface area contributed by atoms with Crippen LogP contribution in [0.5, 0.6) is 0 Å². The van der Waals surface area contributed by atoms with Gasteiger partial charge in [0.2, 0.25) is 0 Å². The number of nitriles is 1. The zero-order valence-corrected chi connectivity index (χ0v) is 25.1. The summed E-state index contributed by atoms with van der Waals surface area (Å²) < 4.78 is 5.55. The predicted molar refractivity (Wildman–Crippen MR) is 149 cm³/mol. The fourth-order valence-corrected chi connectivity index (χ4v) is 9.92. The van der Waals surface area contributed by atoms with Gasteiger partial charge in [0, 0.05) is 22.8 Å². The largest absolute Gasteiger partial charge is 0.447 e. The van der Waals surface area contributed by atoms with Crippen LogP contribution in [0.4, 0.5) is 4.79 Å². The number of nitrogens with one attached hydrogen (secondary N) is 1. The van der Waals surface area contributed by atoms with Crippen LogP contribution in [0.15, 0.2) is 23.3 Å². The second kappa shape index (κ2) is 8.79. The molecule has 3 fully saturated rings. The molecule has 5 rings (SSSR count). The second-order valence-corrected chi connectivity index (χ2v) is 15.1. The van der Waals surface area contributed by atoms with Gasteiger partial charge in [0.15, 0.2) is 11.6 Å². The number of nitrogens with zero attached hydrogens (tertiary/aromatic N) is 1. The Bertz CT molecular complexity index is 1220. The number of carbonyl (C=O) groups is 3. The number of ether oxygens (including phenoxy) is 1. The minimum absolute atomic E-state index is 0.0180. The standard InChI is InChI=1S/C33H46N2O4/c1-19(2)39-28(38)35-33-13-11-29(4,5)17-23(33)26-24(36)15-25-30(6)16-21(18-34)27(37)20(3)22(30)9-10-31(25,7)32(26,8)12-14-33/h15-16,19-20,22-23,26H,9-14,17H2,1-8H3,(H,35,38)/t20-,22-,23-,26-,30-,31+,32+,33-/m0/s1. The fraction of sp³-hybridized carbons (Fsp3) is 0.758. The van der Waals surface area contributed by atoms with E-state index in [9.17, 15) is 19.6 Å². The molecule has 6 nitrogen and oxygen atoms in total. The van der Waals surface area contributed by atoms with Crippen molar-refractivity contribution in [3.05, 3.63) is 23.3 Å². The molecule has 0 heterocycles. The molecule has 0 unspecified atom stereocenters. The highest BCUT2D eigenvalue weighted by molar-refractivity contribution is 6.02. The number of amides is 1. The zero-order chi connectivity index (χ0) is 28.8. The molecule has 5 aliphatic rings. The average Bonchev–Trinajstić information content (AvgIpc) is 2.83. The molecule has 212 valence electrons. The van der Waals surface area contributed by atoms with E-state index in [1.54, 1.807) is 0 Å². The molecule has 6 heteroatoms. The Balaban J connectivity index is 1.63. The van der Waals surface area contributed by atoms with Crippen LogP contribution in [0.2, 0.25) is 0 Å². The molecule has 5 aliphatic carbocycles. The third kappa shape index (κ3) is 3.89. The lowest BCUT2D eigenvalue weighted by Gasteiger charge is -2.68. The molecule has 0 saturated heterocycles. The van der Waals surface area contributed by atoms with E-state index in [0.29, 0.717) is 0 Å². The van der Waals surface area contributed by atoms with Gasteiger partial charge < -0.3 is 10.1 Å². The number of hydrogen-bond donors (Lipinski definition) is 1. The van der Waals surface area contributed by atoms with E-state index in [1.165, 1.54) is 0 Å². The summed E-state index contributed by atoms with van der Waals surface area (Å²) in [6.45, 7) is 17.0. The van der Waals surface area contributed by atoms with Crippen LogP contribution >= 0.6 is 0 Å². The monoisotopic (exact) mass is 534 g/mol. The number of ketones is 2. The number of alkyl carbamates (subject to hydrolysis) is 1. The summed E-state index contributed by atoms with van der Waals surface area (Å²) in [6.07, 6.45) is 9.39. The van der Waals surface area contributed by atoms with Crippen LogP contribution in [0, 0.1) is 56.7 Å². The lowest BCUT2D eigenvalue weighted by molar-refractivity contribution is -0.159. The molecule has 0 spiro atoms. The Morgan fingerprint density at radius 3 is 2.36 bits per heavy atom. The van der Waals surface area contributed by atoms with E-state index in [2.05, 4.69) is 46.0 Å². The van der Waals surface area contributed by atoms with E-state index in [-0.39, 0.29) is 69.3 Å². The molecule has 1 N–H and O–H groups in total. The van der Waals surface area contributed by atoms with Gasteiger partial charge in [-0.05, 0) is 93.0 Å². The van der Waals surface area contributed by atoms with Gasteiger partial charge in [-0.25, -0.2) is 4.79 Å². The van der Waals surface area contributed by atoms with Gasteiger partial charge in [0.05, 0.1) is 11.7 Å². The summed E-state index contributed by atoms with van der Waals surface area (Å²) in [4.78, 5) is 40.3. The van der Waals surface area contributed by atoms with E-state index in [0.717, 1.165) is 50.5 Å². The van der Waals surface area contributed by atoms with Crippen molar-refractivity contribution in [2.24, 2.45) is 45.3 Å². The molecular formula is C33H46N2O4. The van der Waals surface area contributed by atoms with Crippen molar-refractivity contribution in [3.8, 4) is 6.07 Å². The van der Waals surface area contributed by atoms with Crippen molar-refractivity contribution in [2.45, 2.75) is 112 Å². The highest BCUT2D eigenvalue weighted by Crippen LogP contribution is 2.72. The predicted octanol–water partition coefficient (Wildman–Crippen LogP) is 6.70. The van der Waals surface area contributed by atoms with Gasteiger partial charge in [-0.3, -0.25) is 9.59 Å². The van der Waals surface area contributed by atoms with Gasteiger partial charge in [-0.1, -0.05) is 53.2 Å². The van der Waals surface area contributed by atoms with E-state index < -0.39 is 11.0 Å². The summed E-state index contributed by atoms with van der Waals surface area (Å²) in [5.74, 6) is -0.269. The smallest absolute Gasteiger partial charge is 0.407 e. The SMILES string of the molecule is CC(C)OC(=O)N[C@]12CCC(C)(C)C[C@H]1[C@H]1C(=O)C=C3[C@@]4(C)C=C(C#N)C(=O)[C@@H](C)[C@@H]4CC[C@@]3(C)[C@]1(C)CC2. The molecular weight excluding hydrogens is 488 g/mol. The molecule has 0 radical (unpaired) electrons. The number of rotatable bonds is 2. The van der Waals surface area contributed by atoms with Crippen molar-refractivity contribution in [1.82, 2.24) is 5.32 Å². The summed E-state index contributed by atoms with van der Waals surface area (Å²) >= 11 is 0. The molecule has 0 aromatic heterocycles. The second-order valence-electron chi connectivity index (χ2n) is 15.1. The number of fused-ring (bicyclic) bond motifs is 7. The van der Waals surface area contributed by atoms with Crippen molar-refractivity contribution in [1.29, 1.82) is 5.26 Å². The van der Waals surface area contributed by atoms with Crippen molar-refractivity contribution in [3.63, 3.8) is 0 Å². The molecule has 0 aromatic carbocycles. The van der Waals surface area contributed by atoms with Crippen LogP contribution in [-0.4, -0.2) is 29.3 Å². The average molecular weight is 535 g/mol. The van der Waals surface area contributed by atoms with Gasteiger partial charge in [0.1, 0.15) is 6.07 Å². The summed E-state index contributed by atoms with van der Waals surface area (Å²) in [5, 5.41) is 13.1. The Morgan fingerprint density at radius 1 is 1.05 bits per heavy atom. The third-order valence-electron chi connectivity index (χ3n) is 12.2. The molecule has 0 aliphatic heterocycles. The zero-order valence-electron chi connectivity index (χ0n) is 25.1. The van der Waals surface area contributed by atoms with E-state index in [4.69, 9.17) is 4.74 Å². The van der Waals surface area contributed by atoms with Crippen LogP contribution in [0.3, 0.4) is 0 Å². The number of Topliss-reactive ketones (excluding diaryl/α,β-unsaturated/α-hetero) is 1. The van der Waals surface area contributed by atoms with Crippen LogP contribution in [0.1, 0.15) is 100 Å². The summed E-state index contributed by atoms with van der Waals surface area (Å²) in [7, 11) is 0. The maximum absolute atomic E-state index is 14.4. The highest BCUT2D eigenvalue weighted by Gasteiger charge is 2.69. The fourth-order valence-electron chi connectivity index (χ4n) is 9.92. The molecule has 1 amide bonds. The number of allylic oxidation sites excluding steroid dienone is 4. The van der Waals surface area contributed by atoms with Crippen molar-refractivity contribution in [2.75, 3.05) is 0 Å². The summed E-state index contributed by atoms with van der Waals surface area (Å²) in [6, 6.07) is 2.16. The minimum atomic E-state index is -0.505. The van der Waals surface area contributed by atoms with Crippen molar-refractivity contribution >= 4 is 17.7 Å². The molecule has 3 saturated carbocycles. The Hall–Kier alpha value is -2.42. The van der Waals surface area contributed by atoms with Crippen molar-refractivity contribution < 1.29 is 19.1 Å². The van der Waals surface area contributed by atoms with Crippen LogP contribution < -0.4 is 5.32 Å². The van der Waals surface area contributed by atoms with Crippen LogP contribution in [-0.2, 0) is 14.3 Å². The summed E-state index contributed by atoms with van der Waals surface area (Å²) in [5.41, 5.74) is -0.0844. The first-order valence-corrected chi connectivity index (χ1v) is 15.0. The first-order chi connectivity index (χ1) is 18.0. The molecule has 0 bridgehead atoms. The Labute approximate surface area is 234 Å². The highest BCUT2D eigenvalue weighted by atomic mass is 16.6. The van der Waals surface area contributed by atoms with Crippen LogP contribution in [0.25, 0.3) is 0 Å². The minimum Gasteiger partial charge on any atom is -0.447 e. The first-order valence-electron chi connectivity index (χ1n) is 15.0. The first kappa shape index (κ1) is 28.1. The molecule has 8 atom stereocenters. The number of hydrogen-bond acceptors (Lipinski definition) is 5. The maximum atomic E-state index is 14.4. The Morgan fingerprint density at radius 2 is 1.72 bits per heavy atom. The Kier molecular flexibility index (Phi) is 6.34. The van der Waals surface area contributed by atoms with E-state index >= 15 is 0 Å². The van der Waals surface area contributed by atoms with E-state index in [1.807, 2.05) is 32.9 Å². The van der Waals surface area contributed by atoms with Gasteiger partial charge in [-0.2, -0.15) is 5.26 Å². The maximum Gasteiger partial charge on any atom is 0.407 e. The molecule has 39 heavy (non-hydrogen) atoms. The van der Waals surface area contributed by atoms with Gasteiger partial charge in [-0.15, -0.1) is 0 Å². The lowest BCUT2D eigenvalue weighted by Crippen LogP contribution is -2.69. The van der Waals surface area contributed by atoms with Gasteiger partial charge in [0.25, 0.3) is 0 Å². The topological polar surface area (TPSA) is 96.3 Å². The molecule has 0 aromatic rings. The van der Waals surface area contributed by atoms with Gasteiger partial charge >= 0.3 is 6.09 Å². The number of carbonyl (C=O) groups excluding carboxylic acids is 3.